The van der Waals surface area contributed by atoms with E-state index in [0.717, 1.165) is 32.5 Å². The number of aliphatic hydroxyl groups is 2. The molecule has 5 heterocycles. The number of carbonyl (C=O) groups excluding carboxylic acids is 13. The highest BCUT2D eigenvalue weighted by Crippen LogP contribution is 2.53. The number of phenols is 3. The van der Waals surface area contributed by atoms with E-state index in [0.29, 0.717) is 59.0 Å². The van der Waals surface area contributed by atoms with Crippen molar-refractivity contribution in [2.75, 3.05) is 38.3 Å². The monoisotopic (exact) mass is 1820 g/mol. The quantitative estimate of drug-likeness (QED) is 0.0130. The number of primary amides is 1. The molecule has 2 fully saturated rings. The van der Waals surface area contributed by atoms with Gasteiger partial charge in [-0.25, -0.2) is 0 Å². The Balaban J connectivity index is 0.753. The Morgan fingerprint density at radius 2 is 1.32 bits per heavy atom. The van der Waals surface area contributed by atoms with E-state index in [4.69, 9.17) is 30.4 Å². The summed E-state index contributed by atoms with van der Waals surface area (Å²) in [7, 11) is 3.16. The molecule has 0 saturated carbocycles. The van der Waals surface area contributed by atoms with E-state index in [-0.39, 0.29) is 96.7 Å². The van der Waals surface area contributed by atoms with E-state index in [1.54, 1.807) is 87.8 Å². The van der Waals surface area contributed by atoms with Crippen LogP contribution in [0.1, 0.15) is 150 Å². The van der Waals surface area contributed by atoms with Crippen molar-refractivity contribution in [3.63, 3.8) is 0 Å². The summed E-state index contributed by atoms with van der Waals surface area (Å²) in [6.45, 7) is 4.60. The average molecular weight is 1820 g/mol. The highest BCUT2D eigenvalue weighted by Gasteiger charge is 2.52. The number of ether oxygens (including phenoxy) is 4. The minimum absolute atomic E-state index is 0.00270. The zero-order valence-electron chi connectivity index (χ0n) is 72.0. The first kappa shape index (κ1) is 94.9. The number of esters is 1. The van der Waals surface area contributed by atoms with Crippen molar-refractivity contribution < 1.29 is 107 Å². The number of aromatic amines is 2. The first-order valence-corrected chi connectivity index (χ1v) is 45.7. The number of carbonyl (C=O) groups is 13. The van der Waals surface area contributed by atoms with Crippen molar-refractivity contribution in [3.05, 3.63) is 202 Å². The van der Waals surface area contributed by atoms with Crippen LogP contribution in [-0.4, -0.2) is 234 Å². The summed E-state index contributed by atoms with van der Waals surface area (Å²) in [5.41, 5.74) is 10.8. The maximum Gasteiger partial charge on any atom is 0.306 e. The molecule has 37 heteroatoms. The van der Waals surface area contributed by atoms with Crippen LogP contribution in [0.25, 0.3) is 21.8 Å². The second-order valence-electron chi connectivity index (χ2n) is 33.5. The number of hydrogen-bond donors (Lipinski definition) is 17. The lowest BCUT2D eigenvalue weighted by Gasteiger charge is -2.44. The van der Waals surface area contributed by atoms with Gasteiger partial charge in [-0.1, -0.05) is 133 Å². The van der Waals surface area contributed by atoms with Crippen LogP contribution in [0.3, 0.4) is 0 Å². The van der Waals surface area contributed by atoms with Gasteiger partial charge >= 0.3 is 5.97 Å². The summed E-state index contributed by atoms with van der Waals surface area (Å²) in [5, 5.41) is 82.5. The van der Waals surface area contributed by atoms with E-state index in [9.17, 15) is 68.7 Å². The number of ketones is 3. The number of aromatic hydroxyl groups is 3. The molecule has 6 aromatic carbocycles. The average Bonchev–Trinajstić information content (AvgIpc) is 0.772. The zero-order chi connectivity index (χ0) is 92.8. The van der Waals surface area contributed by atoms with Crippen LogP contribution >= 0.6 is 21.6 Å². The van der Waals surface area contributed by atoms with E-state index >= 15 is 19.2 Å². The van der Waals surface area contributed by atoms with Gasteiger partial charge in [-0.2, -0.15) is 0 Å². The number of hydrogen-bond acceptors (Lipinski definition) is 26. The molecule has 2 saturated heterocycles. The molecule has 2 aliphatic carbocycles. The molecule has 14 atom stereocenters. The largest absolute Gasteiger partial charge is 0.508 e. The lowest BCUT2D eigenvalue weighted by Crippen LogP contribution is -2.62. The minimum Gasteiger partial charge on any atom is -0.508 e. The number of nitrogens with one attached hydrogen (secondary N) is 10. The van der Waals surface area contributed by atoms with Crippen molar-refractivity contribution in [3.8, 4) is 23.0 Å². The predicted octanol–water partition coefficient (Wildman–Crippen LogP) is 4.17. The Morgan fingerprint density at radius 1 is 0.669 bits per heavy atom. The highest BCUT2D eigenvalue weighted by molar-refractivity contribution is 8.76. The van der Waals surface area contributed by atoms with Crippen LogP contribution in [0.5, 0.6) is 23.0 Å². The van der Waals surface area contributed by atoms with E-state index in [2.05, 4.69) is 52.5 Å². The number of para-hydroxylation sites is 2. The van der Waals surface area contributed by atoms with Crippen molar-refractivity contribution in [1.29, 1.82) is 0 Å². The Morgan fingerprint density at radius 3 is 2.01 bits per heavy atom. The van der Waals surface area contributed by atoms with Crippen LogP contribution in [0, 0.1) is 5.92 Å². The van der Waals surface area contributed by atoms with Gasteiger partial charge in [-0.15, -0.1) is 0 Å². The molecule has 3 aliphatic heterocycles. The third-order valence-corrected chi connectivity index (χ3v) is 26.5. The fourth-order valence-electron chi connectivity index (χ4n) is 17.1. The number of nitrogens with two attached hydrogens (primary N) is 2. The summed E-state index contributed by atoms with van der Waals surface area (Å²) < 4.78 is 23.6. The number of aliphatic hydroxyl groups excluding tert-OH is 1. The second-order valence-corrected chi connectivity index (χ2v) is 36.0. The standard InChI is InChI=1S/C93H107N13O22S2/c1-48(2)79-92(123)104-67(90(121)100-62(85(95)116)38-52-43-96-59-23-10-8-20-55(52)59)47-130-129-46-66(91(122)101-64(37-51-29-31-54(107)32-30-51)88(119)102-65(39-53-44-97-60-24-11-9-21-56(53)60)89(120)99-61(86(117)105-79)25-12-13-33-94)103-87(118)63(36-50-18-6-5-7-19-50)98-72(109)27-17-28-73(110)126-45-71(108)93(124)41-58-76(70(42-93)128-74-40-68(80(111)49(3)127-74)106-34-14-15-35-106)84(115)78-77(82(58)113)81(112)57-22-16-26-69(125-4)75(57)83(78)114/h5-11,14,16,18-24,26,29-32,34,43-44,48-49,61-68,70,74,79-80,96-97,107,111,113,115,124H,12-13,15,17,25,27-28,33,35-42,45-47,94H2,1-4H3,(H2,95,116)(H,98,109)(H,99,120)(H,100,121)(H,101,122)(H,102,119)(H,103,118)(H,104,123)(H,105,117)/t49-,61-,62-,63+,64?,65+,66?,67-,68-,70-,74-,79?,80+,93-/m0/s1. The number of benzene rings is 6. The van der Waals surface area contributed by atoms with Gasteiger partial charge in [0.2, 0.25) is 64.7 Å². The van der Waals surface area contributed by atoms with Gasteiger partial charge in [-0.3, -0.25) is 62.3 Å². The molecule has 130 heavy (non-hydrogen) atoms. The van der Waals surface area contributed by atoms with E-state index in [1.165, 1.54) is 49.6 Å². The summed E-state index contributed by atoms with van der Waals surface area (Å²) in [5.74, 6) is -15.0. The van der Waals surface area contributed by atoms with Crippen molar-refractivity contribution in [2.24, 2.45) is 17.4 Å². The fourth-order valence-corrected chi connectivity index (χ4v) is 19.4. The van der Waals surface area contributed by atoms with Gasteiger partial charge in [0.25, 0.3) is 0 Å². The number of phenolic OH excluding ortho intramolecular Hbond substituents is 3. The molecule has 8 aromatic rings. The molecule has 0 spiro atoms. The SMILES string of the molecule is COc1cccc2c1C(=O)c1c(O)c3c(c(O)c1C2=O)C[C@@](O)(C(=O)COC(=O)CCCC(=O)N[C@H](Cc1ccccc1)C(=O)NC1CSSC[C@@H](C(=O)N[C@@H](Cc2c[nH]c4ccccc24)C(N)=O)NC(=O)C(C(C)C)NC(=O)[C@H](CCCCN)NC(=O)[C@@H](Cc2c[nH]c4ccccc24)NC(=O)C(Cc2ccc(O)cc2)NC1=O)C[C@@H]3O[C@H]1C[C@H](N2C=CCC2)[C@H](O)[C@H](C)O1. The molecule has 688 valence electrons. The summed E-state index contributed by atoms with van der Waals surface area (Å²) in [6, 6.07) is 20.4. The number of nitrogens with zero attached hydrogens (tertiary/aromatic N) is 1. The molecule has 0 bridgehead atoms. The third kappa shape index (κ3) is 22.4. The molecule has 3 unspecified atom stereocenters. The lowest BCUT2D eigenvalue weighted by atomic mass is 9.72. The van der Waals surface area contributed by atoms with Gasteiger partial charge in [0.05, 0.1) is 42.0 Å². The Kier molecular flexibility index (Phi) is 31.2. The van der Waals surface area contributed by atoms with Crippen LogP contribution in [0.4, 0.5) is 0 Å². The molecule has 19 N–H and O–H groups in total. The van der Waals surface area contributed by atoms with Crippen molar-refractivity contribution in [1.82, 2.24) is 57.4 Å². The molecule has 5 aliphatic rings. The molecular formula is C93H107N13O22S2. The Bertz CT molecular complexity index is 5610. The van der Waals surface area contributed by atoms with Gasteiger partial charge in [0, 0.05) is 127 Å². The number of amides is 9. The van der Waals surface area contributed by atoms with Gasteiger partial charge < -0.3 is 113 Å². The third-order valence-electron chi connectivity index (χ3n) is 24.1. The highest BCUT2D eigenvalue weighted by atomic mass is 33.1. The first-order valence-electron chi connectivity index (χ1n) is 43.2. The van der Waals surface area contributed by atoms with E-state index < -0.39 is 222 Å². The number of fused-ring (bicyclic) bond motifs is 5. The molecular weight excluding hydrogens is 1720 g/mol. The Hall–Kier alpha value is -12.7. The summed E-state index contributed by atoms with van der Waals surface area (Å²) in [6.07, 6.45) is 0.377. The molecule has 2 aromatic heterocycles. The molecule has 13 rings (SSSR count). The lowest BCUT2D eigenvalue weighted by molar-refractivity contribution is -0.256. The Labute approximate surface area is 755 Å². The molecule has 0 radical (unpaired) electrons. The normalized spacial score (nSPS) is 23.3. The fraction of sp³-hybridized carbons (Fsp3) is 0.409. The van der Waals surface area contributed by atoms with Crippen molar-refractivity contribution in [2.45, 2.75) is 195 Å². The zero-order valence-corrected chi connectivity index (χ0v) is 73.6. The summed E-state index contributed by atoms with van der Waals surface area (Å²) in [4.78, 5) is 199. The van der Waals surface area contributed by atoms with Gasteiger partial charge in [0.1, 0.15) is 83.0 Å². The van der Waals surface area contributed by atoms with Crippen LogP contribution < -0.4 is 58.7 Å². The smallest absolute Gasteiger partial charge is 0.306 e. The number of Topliss-reactive ketones (excluding diaryl/α,β-unsaturated/α-hetero) is 1. The first-order chi connectivity index (χ1) is 62.4. The number of aromatic nitrogens is 2. The maximum atomic E-state index is 15.5. The maximum absolute atomic E-state index is 15.5. The van der Waals surface area contributed by atoms with Crippen LogP contribution in [-0.2, 0) is 99.1 Å². The van der Waals surface area contributed by atoms with Crippen LogP contribution in [0.15, 0.2) is 146 Å². The number of methoxy groups -OCH3 is 1. The predicted molar refractivity (Wildman–Crippen MR) is 479 cm³/mol. The van der Waals surface area contributed by atoms with Gasteiger partial charge in [-0.05, 0) is 110 Å². The van der Waals surface area contributed by atoms with E-state index in [1.807, 2.05) is 41.4 Å². The summed E-state index contributed by atoms with van der Waals surface area (Å²) >= 11 is 0. The van der Waals surface area contributed by atoms with Gasteiger partial charge in [0.15, 0.2) is 18.7 Å². The minimum atomic E-state index is -2.59. The molecule has 35 nitrogen and oxygen atoms in total. The second kappa shape index (κ2) is 42.7. The number of unbranched alkanes of at least 4 members (excludes halogenated alkanes) is 1. The number of rotatable bonds is 30. The van der Waals surface area contributed by atoms with Crippen molar-refractivity contribution >= 4 is 120 Å². The molecule has 9 amide bonds. The van der Waals surface area contributed by atoms with Crippen LogP contribution in [0.2, 0.25) is 0 Å². The number of H-pyrrole nitrogens is 2. The topological polar surface area (TPSA) is 543 Å².